The molecule has 106 valence electrons. The van der Waals surface area contributed by atoms with E-state index in [-0.39, 0.29) is 11.1 Å². The third-order valence-corrected chi connectivity index (χ3v) is 3.00. The van der Waals surface area contributed by atoms with Gasteiger partial charge in [0.2, 0.25) is 0 Å². The molecule has 19 heavy (non-hydrogen) atoms. The van der Waals surface area contributed by atoms with E-state index in [1.165, 1.54) is 19.2 Å². The molecule has 6 nitrogen and oxygen atoms in total. The van der Waals surface area contributed by atoms with E-state index in [4.69, 9.17) is 10.6 Å². The van der Waals surface area contributed by atoms with Crippen LogP contribution in [0, 0.1) is 0 Å². The van der Waals surface area contributed by atoms with E-state index in [2.05, 4.69) is 12.6 Å². The fourth-order valence-electron chi connectivity index (χ4n) is 1.69. The van der Waals surface area contributed by atoms with Crippen LogP contribution >= 0.6 is 12.6 Å². The van der Waals surface area contributed by atoms with Crippen LogP contribution in [0.5, 0.6) is 5.75 Å². The van der Waals surface area contributed by atoms with E-state index in [9.17, 15) is 15.0 Å². The Kier molecular flexibility index (Phi) is 6.10. The van der Waals surface area contributed by atoms with Gasteiger partial charge in [-0.1, -0.05) is 6.07 Å². The van der Waals surface area contributed by atoms with Crippen LogP contribution < -0.4 is 16.0 Å². The summed E-state index contributed by atoms with van der Waals surface area (Å²) in [6.07, 6.45) is -1.89. The Bertz CT molecular complexity index is 442. The number of nitrogen functional groups attached to an aromatic ring is 1. The van der Waals surface area contributed by atoms with Gasteiger partial charge >= 0.3 is 0 Å². The average Bonchev–Trinajstić information content (AvgIpc) is 2.45. The number of benzene rings is 1. The summed E-state index contributed by atoms with van der Waals surface area (Å²) in [7, 11) is 1.46. The number of carbonyl (C=O) groups is 1. The molecule has 2 atom stereocenters. The van der Waals surface area contributed by atoms with Gasteiger partial charge in [0.1, 0.15) is 11.9 Å². The van der Waals surface area contributed by atoms with Crippen LogP contribution in [0.25, 0.3) is 0 Å². The van der Waals surface area contributed by atoms with Gasteiger partial charge in [-0.3, -0.25) is 10.2 Å². The van der Waals surface area contributed by atoms with Gasteiger partial charge in [-0.15, -0.1) is 0 Å². The molecule has 0 saturated heterocycles. The topological polar surface area (TPSA) is 105 Å². The molecule has 0 spiro atoms. The lowest BCUT2D eigenvalue weighted by molar-refractivity contribution is 0.0167. The highest BCUT2D eigenvalue weighted by atomic mass is 32.1. The largest absolute Gasteiger partial charge is 0.497 e. The lowest BCUT2D eigenvalue weighted by Gasteiger charge is -2.20. The molecule has 0 aromatic heterocycles. The summed E-state index contributed by atoms with van der Waals surface area (Å²) in [5, 5.41) is 19.8. The third kappa shape index (κ3) is 3.84. The number of nitrogens with one attached hydrogen (secondary N) is 1. The Labute approximate surface area is 116 Å². The minimum absolute atomic E-state index is 0.160. The van der Waals surface area contributed by atoms with Crippen molar-refractivity contribution in [2.45, 2.75) is 18.6 Å². The number of hydrogen-bond donors (Lipinski definition) is 5. The summed E-state index contributed by atoms with van der Waals surface area (Å²) >= 11 is 3.99. The average molecular weight is 286 g/mol. The minimum Gasteiger partial charge on any atom is -0.497 e. The number of methoxy groups -OCH3 is 1. The van der Waals surface area contributed by atoms with Crippen molar-refractivity contribution < 1.29 is 19.7 Å². The highest BCUT2D eigenvalue weighted by Gasteiger charge is 2.23. The van der Waals surface area contributed by atoms with E-state index < -0.39 is 18.1 Å². The second kappa shape index (κ2) is 7.34. The molecule has 0 radical (unpaired) electrons. The molecular formula is C12H18N2O4S. The van der Waals surface area contributed by atoms with Gasteiger partial charge in [0.05, 0.1) is 18.8 Å². The zero-order valence-corrected chi connectivity index (χ0v) is 11.4. The molecule has 1 rings (SSSR count). The number of amides is 1. The summed E-state index contributed by atoms with van der Waals surface area (Å²) in [4.78, 5) is 11.7. The highest BCUT2D eigenvalue weighted by Crippen LogP contribution is 2.26. The molecule has 0 bridgehead atoms. The first kappa shape index (κ1) is 15.8. The van der Waals surface area contributed by atoms with Gasteiger partial charge in [0, 0.05) is 0 Å². The molecule has 5 N–H and O–H groups in total. The Morgan fingerprint density at radius 2 is 2.21 bits per heavy atom. The molecule has 1 amide bonds. The predicted octanol–water partition coefficient (Wildman–Crippen LogP) is 0.0129. The van der Waals surface area contributed by atoms with Crippen LogP contribution in [0.15, 0.2) is 18.2 Å². The molecule has 0 aliphatic rings. The van der Waals surface area contributed by atoms with Crippen molar-refractivity contribution in [1.29, 1.82) is 0 Å². The molecule has 0 heterocycles. The Morgan fingerprint density at radius 1 is 1.53 bits per heavy atom. The Hall–Kier alpha value is -1.28. The second-order valence-corrected chi connectivity index (χ2v) is 4.40. The molecule has 0 aliphatic heterocycles. The van der Waals surface area contributed by atoms with Crippen LogP contribution in [0.2, 0.25) is 0 Å². The van der Waals surface area contributed by atoms with Gasteiger partial charge in [-0.2, -0.15) is 12.6 Å². The molecular weight excluding hydrogens is 268 g/mol. The maximum atomic E-state index is 11.7. The van der Waals surface area contributed by atoms with E-state index in [1.807, 2.05) is 5.43 Å². The fraction of sp³-hybridized carbons (Fsp3) is 0.417. The number of carbonyl (C=O) groups excluding carboxylic acids is 1. The van der Waals surface area contributed by atoms with Crippen LogP contribution in [0.3, 0.4) is 0 Å². The van der Waals surface area contributed by atoms with Crippen molar-refractivity contribution in [1.82, 2.24) is 5.43 Å². The number of ether oxygens (including phenoxy) is 1. The first-order chi connectivity index (χ1) is 9.04. The number of hydrazine groups is 1. The lowest BCUT2D eigenvalue weighted by atomic mass is 9.96. The van der Waals surface area contributed by atoms with Crippen molar-refractivity contribution in [2.24, 2.45) is 5.84 Å². The fourth-order valence-corrected chi connectivity index (χ4v) is 1.96. The number of thiol groups is 1. The monoisotopic (exact) mass is 286 g/mol. The zero-order valence-electron chi connectivity index (χ0n) is 10.5. The quantitative estimate of drug-likeness (QED) is 0.219. The van der Waals surface area contributed by atoms with E-state index >= 15 is 0 Å². The maximum absolute atomic E-state index is 11.7. The van der Waals surface area contributed by atoms with E-state index in [1.54, 1.807) is 6.07 Å². The van der Waals surface area contributed by atoms with Gasteiger partial charge in [-0.05, 0) is 29.9 Å². The molecule has 1 aromatic rings. The molecule has 2 unspecified atom stereocenters. The van der Waals surface area contributed by atoms with Gasteiger partial charge in [0.25, 0.3) is 5.91 Å². The molecule has 0 aliphatic carbocycles. The highest BCUT2D eigenvalue weighted by molar-refractivity contribution is 7.80. The van der Waals surface area contributed by atoms with Crippen molar-refractivity contribution in [3.8, 4) is 5.75 Å². The summed E-state index contributed by atoms with van der Waals surface area (Å²) in [5.74, 6) is 5.42. The summed E-state index contributed by atoms with van der Waals surface area (Å²) in [6.45, 7) is 0. The number of aliphatic hydroxyl groups is 2. The minimum atomic E-state index is -1.19. The summed E-state index contributed by atoms with van der Waals surface area (Å²) in [5.41, 5.74) is 2.45. The predicted molar refractivity (Wildman–Crippen MR) is 74.1 cm³/mol. The second-order valence-electron chi connectivity index (χ2n) is 3.95. The molecule has 0 saturated carbocycles. The van der Waals surface area contributed by atoms with E-state index in [0.717, 1.165) is 0 Å². The number of hydrogen-bond acceptors (Lipinski definition) is 6. The Balaban J connectivity index is 3.14. The standard InChI is InChI=1S/C12H18N2O4S/c1-18-7-2-3-8(9(6-7)12(17)14-13)11(16)10(15)4-5-19/h2-3,6,10-11,15-16,19H,4-5,13H2,1H3,(H,14,17). The van der Waals surface area contributed by atoms with Crippen molar-refractivity contribution >= 4 is 18.5 Å². The molecule has 7 heteroatoms. The number of aliphatic hydroxyl groups excluding tert-OH is 2. The summed E-state index contributed by atoms with van der Waals surface area (Å²) in [6, 6.07) is 4.57. The SMILES string of the molecule is COc1ccc(C(O)C(O)CCS)c(C(=O)NN)c1. The number of rotatable bonds is 6. The molecule has 1 aromatic carbocycles. The summed E-state index contributed by atoms with van der Waals surface area (Å²) < 4.78 is 5.02. The zero-order chi connectivity index (χ0) is 14.4. The van der Waals surface area contributed by atoms with Crippen molar-refractivity contribution in [3.63, 3.8) is 0 Å². The van der Waals surface area contributed by atoms with Crippen LogP contribution in [0.4, 0.5) is 0 Å². The smallest absolute Gasteiger partial charge is 0.265 e. The third-order valence-electron chi connectivity index (χ3n) is 2.74. The first-order valence-electron chi connectivity index (χ1n) is 5.71. The normalized spacial score (nSPS) is 13.7. The van der Waals surface area contributed by atoms with Crippen LogP contribution in [-0.4, -0.2) is 35.1 Å². The molecule has 0 fully saturated rings. The maximum Gasteiger partial charge on any atom is 0.265 e. The van der Waals surface area contributed by atoms with Gasteiger partial charge in [-0.25, -0.2) is 5.84 Å². The van der Waals surface area contributed by atoms with Crippen LogP contribution in [-0.2, 0) is 0 Å². The Morgan fingerprint density at radius 3 is 2.74 bits per heavy atom. The van der Waals surface area contributed by atoms with Crippen molar-refractivity contribution in [2.75, 3.05) is 12.9 Å². The lowest BCUT2D eigenvalue weighted by Crippen LogP contribution is -2.32. The van der Waals surface area contributed by atoms with Crippen LogP contribution in [0.1, 0.15) is 28.4 Å². The first-order valence-corrected chi connectivity index (χ1v) is 6.34. The van der Waals surface area contributed by atoms with Crippen molar-refractivity contribution in [3.05, 3.63) is 29.3 Å². The van der Waals surface area contributed by atoms with Gasteiger partial charge in [0.15, 0.2) is 0 Å². The van der Waals surface area contributed by atoms with E-state index in [0.29, 0.717) is 17.9 Å². The number of nitrogens with two attached hydrogens (primary N) is 1. The van der Waals surface area contributed by atoms with Gasteiger partial charge < -0.3 is 14.9 Å².